The average molecular weight is 1140 g/mol. The zero-order valence-electron chi connectivity index (χ0n) is 46.0. The smallest absolute Gasteiger partial charge is 0.410 e. The number of azide groups is 2. The van der Waals surface area contributed by atoms with Gasteiger partial charge in [-0.05, 0) is 59.4 Å². The molecule has 82 heavy (non-hydrogen) atoms. The molecule has 2 amide bonds. The first-order chi connectivity index (χ1) is 39.6. The van der Waals surface area contributed by atoms with Crippen molar-refractivity contribution in [3.05, 3.63) is 129 Å². The molecule has 3 aromatic carbocycles. The predicted molar refractivity (Wildman–Crippen MR) is 283 cm³/mol. The zero-order chi connectivity index (χ0) is 58.3. The maximum atomic E-state index is 14.0. The van der Waals surface area contributed by atoms with Gasteiger partial charge < -0.3 is 67.1 Å². The van der Waals surface area contributed by atoms with Gasteiger partial charge in [0.1, 0.15) is 43.7 Å². The minimum Gasteiger partial charge on any atom is -0.459 e. The van der Waals surface area contributed by atoms with Gasteiger partial charge in [0.05, 0.1) is 43.9 Å². The van der Waals surface area contributed by atoms with Crippen LogP contribution in [-0.4, -0.2) is 146 Å². The SMILES string of the molecule is CCC1OC(OC2C(OC3OC(CN(Cc4ccccc4)C(=O)OCc4ccccc4)CCC3NC(=O)OCc3ccccc3)C(C)CC3CC(=O)OC32)C(OC(C)=O)C1OC1OC(CN=[N+]=[N-])C(OC(C)=O)C(OC(C)=O)C1N=[N+]=[N-]. The van der Waals surface area contributed by atoms with Crippen molar-refractivity contribution < 1.29 is 85.6 Å². The van der Waals surface area contributed by atoms with Gasteiger partial charge in [-0.3, -0.25) is 19.2 Å². The van der Waals surface area contributed by atoms with Gasteiger partial charge in [0.15, 0.2) is 37.2 Å². The van der Waals surface area contributed by atoms with E-state index in [9.17, 15) is 39.8 Å². The van der Waals surface area contributed by atoms with E-state index < -0.39 is 141 Å². The highest BCUT2D eigenvalue weighted by molar-refractivity contribution is 5.72. The van der Waals surface area contributed by atoms with E-state index in [0.29, 0.717) is 19.3 Å². The first kappa shape index (κ1) is 60.6. The van der Waals surface area contributed by atoms with Crippen molar-refractivity contribution in [2.24, 2.45) is 22.1 Å². The number of ether oxygens (including phenoxy) is 12. The number of esters is 4. The van der Waals surface area contributed by atoms with E-state index in [2.05, 4.69) is 25.4 Å². The number of amides is 2. The molecule has 1 N–H and O–H groups in total. The highest BCUT2D eigenvalue weighted by Crippen LogP contribution is 2.44. The zero-order valence-corrected chi connectivity index (χ0v) is 46.0. The third-order valence-electron chi connectivity index (χ3n) is 14.7. The second-order valence-electron chi connectivity index (χ2n) is 20.7. The van der Waals surface area contributed by atoms with Crippen LogP contribution >= 0.6 is 0 Å². The molecular weight excluding hydrogens is 1070 g/mol. The van der Waals surface area contributed by atoms with Gasteiger partial charge in [0, 0.05) is 43.1 Å². The van der Waals surface area contributed by atoms with E-state index in [4.69, 9.17) is 56.8 Å². The fourth-order valence-electron chi connectivity index (χ4n) is 11.1. The molecule has 26 nitrogen and oxygen atoms in total. The van der Waals surface area contributed by atoms with Crippen LogP contribution in [0.15, 0.2) is 101 Å². The molecule has 4 saturated heterocycles. The van der Waals surface area contributed by atoms with Crippen LogP contribution in [0.4, 0.5) is 9.59 Å². The molecule has 0 aromatic heterocycles. The molecule has 4 heterocycles. The van der Waals surface area contributed by atoms with Gasteiger partial charge in [-0.1, -0.05) is 115 Å². The Bertz CT molecular complexity index is 2760. The number of hydrogen-bond donors (Lipinski definition) is 1. The fraction of sp³-hybridized carbons (Fsp3) is 0.571. The van der Waals surface area contributed by atoms with E-state index in [1.54, 1.807) is 11.8 Å². The summed E-state index contributed by atoms with van der Waals surface area (Å²) in [6.07, 6.45) is -16.1. The van der Waals surface area contributed by atoms with Crippen LogP contribution in [0.5, 0.6) is 0 Å². The van der Waals surface area contributed by atoms with E-state index in [-0.39, 0.29) is 45.1 Å². The van der Waals surface area contributed by atoms with Crippen LogP contribution in [0, 0.1) is 11.8 Å². The highest BCUT2D eigenvalue weighted by Gasteiger charge is 2.58. The molecule has 3 aromatic rings. The van der Waals surface area contributed by atoms with Crippen molar-refractivity contribution in [2.75, 3.05) is 13.1 Å². The molecule has 0 bridgehead atoms. The summed E-state index contributed by atoms with van der Waals surface area (Å²) < 4.78 is 74.7. The van der Waals surface area contributed by atoms with Gasteiger partial charge in [-0.2, -0.15) is 0 Å². The van der Waals surface area contributed by atoms with Crippen molar-refractivity contribution >= 4 is 36.1 Å². The Morgan fingerprint density at radius 2 is 1.26 bits per heavy atom. The molecule has 5 fully saturated rings. The molecule has 8 rings (SSSR count). The topological polar surface area (TPSA) is 326 Å². The molecule has 17 atom stereocenters. The van der Waals surface area contributed by atoms with E-state index in [0.717, 1.165) is 37.5 Å². The number of rotatable bonds is 22. The van der Waals surface area contributed by atoms with Crippen molar-refractivity contribution in [3.8, 4) is 0 Å². The summed E-state index contributed by atoms with van der Waals surface area (Å²) in [6.45, 7) is 6.79. The van der Waals surface area contributed by atoms with Crippen LogP contribution in [0.2, 0.25) is 0 Å². The maximum absolute atomic E-state index is 14.0. The Hall–Kier alpha value is -7.54. The molecule has 0 spiro atoms. The Balaban J connectivity index is 1.09. The molecule has 17 unspecified atom stereocenters. The molecule has 26 heteroatoms. The normalized spacial score (nSPS) is 31.1. The minimum absolute atomic E-state index is 0.0245. The van der Waals surface area contributed by atoms with Crippen LogP contribution in [-0.2, 0) is 95.8 Å². The van der Waals surface area contributed by atoms with Gasteiger partial charge >= 0.3 is 36.1 Å². The summed E-state index contributed by atoms with van der Waals surface area (Å²) in [4.78, 5) is 86.2. The molecule has 5 aliphatic rings. The minimum atomic E-state index is -1.65. The first-order valence-corrected chi connectivity index (χ1v) is 27.3. The number of nitrogens with zero attached hydrogens (tertiary/aromatic N) is 7. The van der Waals surface area contributed by atoms with Crippen molar-refractivity contribution in [1.82, 2.24) is 10.2 Å². The molecular formula is C56H68N8O18. The average Bonchev–Trinajstić information content (AvgIpc) is 3.53. The lowest BCUT2D eigenvalue weighted by Crippen LogP contribution is -2.62. The quantitative estimate of drug-likeness (QED) is 0.0337. The van der Waals surface area contributed by atoms with E-state index >= 15 is 0 Å². The number of hydrogen-bond acceptors (Lipinski definition) is 20. The number of benzene rings is 3. The second kappa shape index (κ2) is 28.9. The maximum Gasteiger partial charge on any atom is 0.410 e. The van der Waals surface area contributed by atoms with Gasteiger partial charge in [0.25, 0.3) is 0 Å². The molecule has 1 aliphatic carbocycles. The highest BCUT2D eigenvalue weighted by atomic mass is 16.8. The summed E-state index contributed by atoms with van der Waals surface area (Å²) in [5.41, 5.74) is 21.5. The summed E-state index contributed by atoms with van der Waals surface area (Å²) in [5, 5.41) is 10.4. The summed E-state index contributed by atoms with van der Waals surface area (Å²) in [5.74, 6) is -3.69. The van der Waals surface area contributed by atoms with Gasteiger partial charge in [-0.15, -0.1) is 0 Å². The third kappa shape index (κ3) is 15.9. The first-order valence-electron chi connectivity index (χ1n) is 27.3. The largest absolute Gasteiger partial charge is 0.459 e. The lowest BCUT2D eigenvalue weighted by atomic mass is 9.76. The number of nitrogens with one attached hydrogen (secondary N) is 1. The van der Waals surface area contributed by atoms with Crippen molar-refractivity contribution in [1.29, 1.82) is 0 Å². The molecule has 1 saturated carbocycles. The standard InChI is InChI=1S/C56H68N8O18/c1-6-41-47(81-53-44(61-63-58)49(74-33(4)66)48(73-32(3)65)42(78-53)26-59-62-57)51(75-34(5)67)54(77-41)82-50-45(31(2)24-38-25-43(68)79-46(38)50)80-52-40(60-55(69)71-29-36-18-12-8-13-19-36)23-22-39(76-52)28-64(27-35-16-10-7-11-17-35)56(70)72-30-37-20-14-9-15-21-37/h7-21,31,38-42,44-54H,6,22-30H2,1-5H3,(H,60,69). The lowest BCUT2D eigenvalue weighted by molar-refractivity contribution is -0.298. The fourth-order valence-corrected chi connectivity index (χ4v) is 11.1. The number of carbonyl (C=O) groups excluding carboxylic acids is 6. The number of fused-ring (bicyclic) bond motifs is 1. The van der Waals surface area contributed by atoms with Crippen LogP contribution in [0.3, 0.4) is 0 Å². The number of alkyl carbamates (subject to hydrolysis) is 1. The molecule has 0 radical (unpaired) electrons. The third-order valence-corrected chi connectivity index (χ3v) is 14.7. The van der Waals surface area contributed by atoms with Crippen molar-refractivity contribution in [2.45, 2.75) is 178 Å². The molecule has 4 aliphatic heterocycles. The second-order valence-corrected chi connectivity index (χ2v) is 20.7. The summed E-state index contributed by atoms with van der Waals surface area (Å²) in [6, 6.07) is 25.5. The Morgan fingerprint density at radius 3 is 1.88 bits per heavy atom. The van der Waals surface area contributed by atoms with E-state index in [1.165, 1.54) is 0 Å². The Kier molecular flexibility index (Phi) is 21.4. The number of carbonyl (C=O) groups is 6. The lowest BCUT2D eigenvalue weighted by Gasteiger charge is -2.46. The van der Waals surface area contributed by atoms with Crippen LogP contribution in [0.1, 0.15) is 83.4 Å². The Morgan fingerprint density at radius 1 is 0.671 bits per heavy atom. The summed E-state index contributed by atoms with van der Waals surface area (Å²) in [7, 11) is 0. The van der Waals surface area contributed by atoms with Crippen LogP contribution in [0.25, 0.3) is 20.9 Å². The Labute approximate surface area is 472 Å². The van der Waals surface area contributed by atoms with E-state index in [1.807, 2.05) is 97.9 Å². The molecule has 440 valence electrons. The monoisotopic (exact) mass is 1140 g/mol. The van der Waals surface area contributed by atoms with Crippen LogP contribution < -0.4 is 5.32 Å². The predicted octanol–water partition coefficient (Wildman–Crippen LogP) is 7.40. The van der Waals surface area contributed by atoms with Gasteiger partial charge in [0.2, 0.25) is 0 Å². The van der Waals surface area contributed by atoms with Crippen molar-refractivity contribution in [3.63, 3.8) is 0 Å². The summed E-state index contributed by atoms with van der Waals surface area (Å²) >= 11 is 0. The van der Waals surface area contributed by atoms with Gasteiger partial charge in [-0.25, -0.2) is 9.59 Å².